The third-order valence-electron chi connectivity index (χ3n) is 2.61. The fourth-order valence-electron chi connectivity index (χ4n) is 1.64. The van der Waals surface area contributed by atoms with Crippen molar-refractivity contribution >= 4 is 5.69 Å². The van der Waals surface area contributed by atoms with E-state index in [9.17, 15) is 10.1 Å². The number of hydrogen-bond acceptors (Lipinski definition) is 5. The maximum atomic E-state index is 10.6. The number of nitro benzene ring substituents is 1. The Kier molecular flexibility index (Phi) is 3.61. The lowest BCUT2D eigenvalue weighted by atomic mass is 10.1. The molecule has 0 bridgehead atoms. The number of aromatic nitrogens is 1. The van der Waals surface area contributed by atoms with Gasteiger partial charge in [-0.15, -0.1) is 0 Å². The highest BCUT2D eigenvalue weighted by Gasteiger charge is 2.09. The Labute approximate surface area is 109 Å². The third-order valence-corrected chi connectivity index (χ3v) is 2.61. The topological polar surface area (TPSA) is 74.5 Å². The second-order valence-electron chi connectivity index (χ2n) is 3.71. The van der Waals surface area contributed by atoms with Crippen LogP contribution in [0.5, 0.6) is 11.6 Å². The Hall–Kier alpha value is -2.63. The third kappa shape index (κ3) is 2.62. The van der Waals surface area contributed by atoms with Crippen molar-refractivity contribution in [1.29, 1.82) is 0 Å². The van der Waals surface area contributed by atoms with E-state index in [0.29, 0.717) is 17.3 Å². The van der Waals surface area contributed by atoms with Gasteiger partial charge in [0.25, 0.3) is 11.6 Å². The molecule has 0 fully saturated rings. The van der Waals surface area contributed by atoms with E-state index in [1.165, 1.54) is 26.4 Å². The highest BCUT2D eigenvalue weighted by molar-refractivity contribution is 5.62. The average Bonchev–Trinajstić information content (AvgIpc) is 2.46. The number of methoxy groups -OCH3 is 2. The second-order valence-corrected chi connectivity index (χ2v) is 3.71. The van der Waals surface area contributed by atoms with Gasteiger partial charge in [-0.05, 0) is 24.3 Å². The van der Waals surface area contributed by atoms with E-state index < -0.39 is 4.92 Å². The highest BCUT2D eigenvalue weighted by atomic mass is 16.6. The summed E-state index contributed by atoms with van der Waals surface area (Å²) >= 11 is 0. The number of rotatable bonds is 4. The van der Waals surface area contributed by atoms with Gasteiger partial charge in [0, 0.05) is 17.7 Å². The van der Waals surface area contributed by atoms with Crippen molar-refractivity contribution in [2.45, 2.75) is 0 Å². The van der Waals surface area contributed by atoms with Gasteiger partial charge in [-0.1, -0.05) is 0 Å². The van der Waals surface area contributed by atoms with Gasteiger partial charge in [-0.2, -0.15) is 0 Å². The predicted molar refractivity (Wildman–Crippen MR) is 69.4 cm³/mol. The van der Waals surface area contributed by atoms with Gasteiger partial charge in [0.1, 0.15) is 0 Å². The van der Waals surface area contributed by atoms with Crippen molar-refractivity contribution in [3.63, 3.8) is 0 Å². The zero-order valence-corrected chi connectivity index (χ0v) is 10.5. The van der Waals surface area contributed by atoms with Crippen LogP contribution in [-0.4, -0.2) is 24.1 Å². The van der Waals surface area contributed by atoms with Crippen molar-refractivity contribution in [1.82, 2.24) is 4.98 Å². The van der Waals surface area contributed by atoms with Crippen molar-refractivity contribution in [2.24, 2.45) is 0 Å². The van der Waals surface area contributed by atoms with E-state index in [1.807, 2.05) is 0 Å². The summed E-state index contributed by atoms with van der Waals surface area (Å²) in [6, 6.07) is 9.67. The number of pyridine rings is 1. The molecule has 98 valence electrons. The summed E-state index contributed by atoms with van der Waals surface area (Å²) in [5.74, 6) is 0.909. The summed E-state index contributed by atoms with van der Waals surface area (Å²) in [5.41, 5.74) is 1.48. The Morgan fingerprint density at radius 1 is 1.05 bits per heavy atom. The van der Waals surface area contributed by atoms with E-state index in [4.69, 9.17) is 9.47 Å². The molecule has 19 heavy (non-hydrogen) atoms. The van der Waals surface area contributed by atoms with Crippen LogP contribution in [0.2, 0.25) is 0 Å². The van der Waals surface area contributed by atoms with Crippen LogP contribution in [-0.2, 0) is 0 Å². The maximum absolute atomic E-state index is 10.6. The molecule has 0 radical (unpaired) electrons. The zero-order chi connectivity index (χ0) is 13.8. The smallest absolute Gasteiger partial charge is 0.269 e. The molecule has 0 amide bonds. The highest BCUT2D eigenvalue weighted by Crippen LogP contribution is 2.29. The molecule has 0 atom stereocenters. The molecule has 0 saturated heterocycles. The summed E-state index contributed by atoms with van der Waals surface area (Å²) in [6.45, 7) is 0. The second kappa shape index (κ2) is 5.34. The standard InChI is InChI=1S/C13H12N2O4/c1-18-12-8-7-11(14-13(12)19-2)9-3-5-10(6-4-9)15(16)17/h3-8H,1-2H3. The fraction of sp³-hybridized carbons (Fsp3) is 0.154. The van der Waals surface area contributed by atoms with Crippen LogP contribution in [0.3, 0.4) is 0 Å². The van der Waals surface area contributed by atoms with Gasteiger partial charge in [0.15, 0.2) is 5.75 Å². The van der Waals surface area contributed by atoms with Gasteiger partial charge < -0.3 is 9.47 Å². The fourth-order valence-corrected chi connectivity index (χ4v) is 1.64. The summed E-state index contributed by atoms with van der Waals surface area (Å²) in [4.78, 5) is 14.4. The van der Waals surface area contributed by atoms with E-state index >= 15 is 0 Å². The Bertz CT molecular complexity index is 596. The van der Waals surface area contributed by atoms with Crippen molar-refractivity contribution < 1.29 is 14.4 Å². The van der Waals surface area contributed by atoms with Crippen LogP contribution in [0, 0.1) is 10.1 Å². The first-order valence-corrected chi connectivity index (χ1v) is 5.49. The summed E-state index contributed by atoms with van der Waals surface area (Å²) in [7, 11) is 3.04. The molecule has 6 heteroatoms. The lowest BCUT2D eigenvalue weighted by Crippen LogP contribution is -1.95. The molecular formula is C13H12N2O4. The quantitative estimate of drug-likeness (QED) is 0.624. The van der Waals surface area contributed by atoms with Crippen LogP contribution in [0.4, 0.5) is 5.69 Å². The van der Waals surface area contributed by atoms with Crippen LogP contribution < -0.4 is 9.47 Å². The molecule has 0 aliphatic rings. The molecule has 0 spiro atoms. The Balaban J connectivity index is 2.38. The summed E-state index contributed by atoms with van der Waals surface area (Å²) < 4.78 is 10.2. The maximum Gasteiger partial charge on any atom is 0.269 e. The van der Waals surface area contributed by atoms with Crippen LogP contribution >= 0.6 is 0 Å². The predicted octanol–water partition coefficient (Wildman–Crippen LogP) is 2.67. The summed E-state index contributed by atoms with van der Waals surface area (Å²) in [6.07, 6.45) is 0. The number of hydrogen-bond donors (Lipinski definition) is 0. The lowest BCUT2D eigenvalue weighted by Gasteiger charge is -2.08. The van der Waals surface area contributed by atoms with Gasteiger partial charge >= 0.3 is 0 Å². The molecule has 0 aliphatic heterocycles. The van der Waals surface area contributed by atoms with Crippen LogP contribution in [0.15, 0.2) is 36.4 Å². The van der Waals surface area contributed by atoms with Gasteiger partial charge in [0.05, 0.1) is 24.8 Å². The van der Waals surface area contributed by atoms with E-state index in [-0.39, 0.29) is 5.69 Å². The molecule has 1 heterocycles. The minimum atomic E-state index is -0.439. The molecule has 0 N–H and O–H groups in total. The minimum Gasteiger partial charge on any atom is -0.491 e. The monoisotopic (exact) mass is 260 g/mol. The summed E-state index contributed by atoms with van der Waals surface area (Å²) in [5, 5.41) is 10.6. The first-order valence-electron chi connectivity index (χ1n) is 5.49. The molecular weight excluding hydrogens is 248 g/mol. The van der Waals surface area contributed by atoms with E-state index in [1.54, 1.807) is 24.3 Å². The van der Waals surface area contributed by atoms with E-state index in [2.05, 4.69) is 4.98 Å². The average molecular weight is 260 g/mol. The number of ether oxygens (including phenoxy) is 2. The van der Waals surface area contributed by atoms with Gasteiger partial charge in [-0.3, -0.25) is 10.1 Å². The minimum absolute atomic E-state index is 0.0456. The number of non-ortho nitro benzene ring substituents is 1. The van der Waals surface area contributed by atoms with Crippen LogP contribution in [0.1, 0.15) is 0 Å². The molecule has 1 aromatic heterocycles. The molecule has 2 rings (SSSR count). The Morgan fingerprint density at radius 2 is 1.74 bits per heavy atom. The van der Waals surface area contributed by atoms with Gasteiger partial charge in [0.2, 0.25) is 0 Å². The molecule has 6 nitrogen and oxygen atoms in total. The molecule has 0 saturated carbocycles. The lowest BCUT2D eigenvalue weighted by molar-refractivity contribution is -0.384. The molecule has 1 aromatic carbocycles. The number of nitro groups is 1. The molecule has 0 aliphatic carbocycles. The first-order chi connectivity index (χ1) is 9.15. The van der Waals surface area contributed by atoms with Crippen LogP contribution in [0.25, 0.3) is 11.3 Å². The molecule has 0 unspecified atom stereocenters. The normalized spacial score (nSPS) is 10.0. The largest absolute Gasteiger partial charge is 0.491 e. The van der Waals surface area contributed by atoms with Gasteiger partial charge in [-0.25, -0.2) is 4.98 Å². The molecule has 2 aromatic rings. The van der Waals surface area contributed by atoms with Crippen molar-refractivity contribution in [2.75, 3.05) is 14.2 Å². The number of benzene rings is 1. The zero-order valence-electron chi connectivity index (χ0n) is 10.5. The SMILES string of the molecule is COc1ccc(-c2ccc([N+](=O)[O-])cc2)nc1OC. The Morgan fingerprint density at radius 3 is 2.26 bits per heavy atom. The number of nitrogens with zero attached hydrogens (tertiary/aromatic N) is 2. The van der Waals surface area contributed by atoms with Crippen molar-refractivity contribution in [3.8, 4) is 22.9 Å². The first kappa shape index (κ1) is 12.8. The van der Waals surface area contributed by atoms with Crippen molar-refractivity contribution in [3.05, 3.63) is 46.5 Å². The van der Waals surface area contributed by atoms with E-state index in [0.717, 1.165) is 5.56 Å².